The molecule has 1 heterocycles. The lowest BCUT2D eigenvalue weighted by molar-refractivity contribution is -0.395. The van der Waals surface area contributed by atoms with E-state index in [2.05, 4.69) is 25.3 Å². The van der Waals surface area contributed by atoms with Crippen molar-refractivity contribution in [3.63, 3.8) is 0 Å². The molecule has 0 bridgehead atoms. The topological polar surface area (TPSA) is 182 Å². The van der Waals surface area contributed by atoms with Gasteiger partial charge in [0.25, 0.3) is 21.4 Å². The predicted octanol–water partition coefficient (Wildman–Crippen LogP) is 3.89. The number of aryl methyl sites for hydroxylation is 1. The molecular formula is C20H21N7O6S. The average molecular weight is 487 g/mol. The predicted molar refractivity (Wildman–Crippen MR) is 126 cm³/mol. The molecule has 3 N–H and O–H groups in total. The molecule has 1 aromatic heterocycles. The first-order chi connectivity index (χ1) is 16.0. The van der Waals surface area contributed by atoms with Gasteiger partial charge in [0.1, 0.15) is 16.3 Å². The van der Waals surface area contributed by atoms with E-state index in [1.165, 1.54) is 19.1 Å². The molecular weight excluding hydrogens is 466 g/mol. The molecule has 0 unspecified atom stereocenters. The second-order valence-corrected chi connectivity index (χ2v) is 8.84. The van der Waals surface area contributed by atoms with E-state index >= 15 is 0 Å². The number of hydrogen-bond donors (Lipinski definition) is 3. The van der Waals surface area contributed by atoms with Crippen LogP contribution in [0.15, 0.2) is 47.4 Å². The first kappa shape index (κ1) is 24.3. The number of sulfonamides is 1. The van der Waals surface area contributed by atoms with Crippen molar-refractivity contribution in [1.29, 1.82) is 0 Å². The Labute approximate surface area is 194 Å². The van der Waals surface area contributed by atoms with E-state index in [1.54, 1.807) is 18.2 Å². The lowest BCUT2D eigenvalue weighted by Crippen LogP contribution is -2.14. The highest BCUT2D eigenvalue weighted by Crippen LogP contribution is 2.32. The van der Waals surface area contributed by atoms with Crippen LogP contribution in [0.2, 0.25) is 0 Å². The van der Waals surface area contributed by atoms with Crippen LogP contribution in [-0.2, 0) is 10.0 Å². The molecule has 0 fully saturated rings. The third-order valence-corrected chi connectivity index (χ3v) is 6.00. The first-order valence-electron chi connectivity index (χ1n) is 9.93. The van der Waals surface area contributed by atoms with Crippen LogP contribution in [0.25, 0.3) is 0 Å². The first-order valence-corrected chi connectivity index (χ1v) is 11.4. The minimum absolute atomic E-state index is 0.148. The van der Waals surface area contributed by atoms with Gasteiger partial charge in [0, 0.05) is 41.8 Å². The summed E-state index contributed by atoms with van der Waals surface area (Å²) in [6.07, 6.45) is 0. The quantitative estimate of drug-likeness (QED) is 0.296. The number of benzene rings is 2. The van der Waals surface area contributed by atoms with E-state index in [4.69, 9.17) is 0 Å². The number of nitro benzene ring substituents is 2. The summed E-state index contributed by atoms with van der Waals surface area (Å²) in [5, 5.41) is 28.6. The highest BCUT2D eigenvalue weighted by molar-refractivity contribution is 7.92. The summed E-state index contributed by atoms with van der Waals surface area (Å²) in [7, 11) is -4.34. The summed E-state index contributed by atoms with van der Waals surface area (Å²) >= 11 is 0. The van der Waals surface area contributed by atoms with Crippen LogP contribution in [0.3, 0.4) is 0 Å². The zero-order chi connectivity index (χ0) is 25.0. The number of anilines is 4. The zero-order valence-electron chi connectivity index (χ0n) is 18.4. The van der Waals surface area contributed by atoms with E-state index < -0.39 is 36.1 Å². The molecule has 178 valence electrons. The maximum absolute atomic E-state index is 12.8. The SMILES string of the molecule is CCNc1cc(C)nc(Nc2ccc(NS(=O)(=O)c3cc([N+](=O)[O-])c(C)c([N+](=O)[O-])c3)cc2)n1. The van der Waals surface area contributed by atoms with Gasteiger partial charge >= 0.3 is 0 Å². The Balaban J connectivity index is 1.84. The maximum Gasteiger partial charge on any atom is 0.280 e. The molecule has 0 aliphatic heterocycles. The summed E-state index contributed by atoms with van der Waals surface area (Å²) in [5.41, 5.74) is -0.0832. The third kappa shape index (κ3) is 5.53. The molecule has 34 heavy (non-hydrogen) atoms. The molecule has 0 atom stereocenters. The van der Waals surface area contributed by atoms with E-state index in [9.17, 15) is 28.6 Å². The number of nitro groups is 2. The number of hydrogen-bond acceptors (Lipinski definition) is 10. The van der Waals surface area contributed by atoms with E-state index in [-0.39, 0.29) is 11.3 Å². The monoisotopic (exact) mass is 487 g/mol. The lowest BCUT2D eigenvalue weighted by atomic mass is 10.1. The highest BCUT2D eigenvalue weighted by Gasteiger charge is 2.28. The number of nitrogens with one attached hydrogen (secondary N) is 3. The average Bonchev–Trinajstić information content (AvgIpc) is 2.74. The maximum atomic E-state index is 12.8. The summed E-state index contributed by atoms with van der Waals surface area (Å²) < 4.78 is 27.8. The van der Waals surface area contributed by atoms with Crippen LogP contribution in [0.4, 0.5) is 34.5 Å². The van der Waals surface area contributed by atoms with Crippen molar-refractivity contribution in [2.75, 3.05) is 21.9 Å². The van der Waals surface area contributed by atoms with Crippen LogP contribution in [0, 0.1) is 34.1 Å². The Morgan fingerprint density at radius 1 is 0.912 bits per heavy atom. The van der Waals surface area contributed by atoms with Gasteiger partial charge in [-0.15, -0.1) is 0 Å². The summed E-state index contributed by atoms with van der Waals surface area (Å²) in [5.74, 6) is 1.01. The number of rotatable bonds is 9. The van der Waals surface area contributed by atoms with Crippen molar-refractivity contribution >= 4 is 44.5 Å². The van der Waals surface area contributed by atoms with Gasteiger partial charge in [-0.3, -0.25) is 25.0 Å². The van der Waals surface area contributed by atoms with Crippen LogP contribution in [-0.4, -0.2) is 34.8 Å². The summed E-state index contributed by atoms with van der Waals surface area (Å²) in [6, 6.07) is 9.45. The van der Waals surface area contributed by atoms with Crippen molar-refractivity contribution in [3.8, 4) is 0 Å². The van der Waals surface area contributed by atoms with E-state index in [0.717, 1.165) is 17.8 Å². The Kier molecular flexibility index (Phi) is 6.91. The van der Waals surface area contributed by atoms with Crippen molar-refractivity contribution in [2.45, 2.75) is 25.7 Å². The normalized spacial score (nSPS) is 11.0. The summed E-state index contributed by atoms with van der Waals surface area (Å²) in [6.45, 7) is 5.64. The van der Waals surface area contributed by atoms with Crippen LogP contribution >= 0.6 is 0 Å². The van der Waals surface area contributed by atoms with Gasteiger partial charge in [-0.2, -0.15) is 4.98 Å². The molecule has 0 radical (unpaired) electrons. The van der Waals surface area contributed by atoms with Crippen molar-refractivity contribution in [1.82, 2.24) is 9.97 Å². The molecule has 0 saturated carbocycles. The molecule has 2 aromatic carbocycles. The van der Waals surface area contributed by atoms with Gasteiger partial charge in [0.15, 0.2) is 0 Å². The van der Waals surface area contributed by atoms with Gasteiger partial charge in [-0.1, -0.05) is 0 Å². The van der Waals surface area contributed by atoms with Crippen LogP contribution < -0.4 is 15.4 Å². The minimum Gasteiger partial charge on any atom is -0.370 e. The second kappa shape index (κ2) is 9.66. The zero-order valence-corrected chi connectivity index (χ0v) is 19.2. The van der Waals surface area contributed by atoms with E-state index in [1.807, 2.05) is 13.8 Å². The second-order valence-electron chi connectivity index (χ2n) is 7.16. The molecule has 0 amide bonds. The van der Waals surface area contributed by atoms with Crippen molar-refractivity contribution in [3.05, 3.63) is 74.0 Å². The minimum atomic E-state index is -4.34. The largest absolute Gasteiger partial charge is 0.370 e. The van der Waals surface area contributed by atoms with E-state index in [0.29, 0.717) is 24.0 Å². The fourth-order valence-corrected chi connectivity index (χ4v) is 4.15. The van der Waals surface area contributed by atoms with Crippen molar-refractivity contribution in [2.24, 2.45) is 0 Å². The standard InChI is InChI=1S/C20H21N7O6S/c1-4-21-19-9-12(2)22-20(24-19)23-14-5-7-15(8-6-14)25-34(32,33)16-10-17(26(28)29)13(3)18(11-16)27(30)31/h5-11,25H,4H2,1-3H3,(H2,21,22,23,24). The van der Waals surface area contributed by atoms with Gasteiger partial charge in [-0.25, -0.2) is 13.4 Å². The Hall–Kier alpha value is -4.33. The fraction of sp³-hybridized carbons (Fsp3) is 0.200. The molecule has 3 aromatic rings. The molecule has 0 aliphatic carbocycles. The van der Waals surface area contributed by atoms with Gasteiger partial charge < -0.3 is 10.6 Å². The molecule has 0 saturated heterocycles. The molecule has 13 nitrogen and oxygen atoms in total. The van der Waals surface area contributed by atoms with Gasteiger partial charge in [-0.05, 0) is 45.0 Å². The number of aromatic nitrogens is 2. The third-order valence-electron chi connectivity index (χ3n) is 4.64. The molecule has 14 heteroatoms. The highest BCUT2D eigenvalue weighted by atomic mass is 32.2. The smallest absolute Gasteiger partial charge is 0.280 e. The molecule has 0 aliphatic rings. The Morgan fingerprint density at radius 2 is 1.47 bits per heavy atom. The van der Waals surface area contributed by atoms with Gasteiger partial charge in [0.05, 0.1) is 9.85 Å². The summed E-state index contributed by atoms with van der Waals surface area (Å²) in [4.78, 5) is 28.8. The van der Waals surface area contributed by atoms with Crippen molar-refractivity contribution < 1.29 is 18.3 Å². The fourth-order valence-electron chi connectivity index (χ4n) is 3.05. The lowest BCUT2D eigenvalue weighted by Gasteiger charge is -2.11. The Bertz CT molecular complexity index is 1330. The molecule has 0 spiro atoms. The van der Waals surface area contributed by atoms with Crippen LogP contribution in [0.5, 0.6) is 0 Å². The Morgan fingerprint density at radius 3 is 2.00 bits per heavy atom. The number of nitrogens with zero attached hydrogens (tertiary/aromatic N) is 4. The van der Waals surface area contributed by atoms with Crippen LogP contribution in [0.1, 0.15) is 18.2 Å². The van der Waals surface area contributed by atoms with Gasteiger partial charge in [0.2, 0.25) is 5.95 Å². The molecule has 3 rings (SSSR count).